The molecule has 0 atom stereocenters. The summed E-state index contributed by atoms with van der Waals surface area (Å²) in [4.78, 5) is 11.0. The van der Waals surface area contributed by atoms with Crippen LogP contribution in [0.4, 0.5) is 5.95 Å². The van der Waals surface area contributed by atoms with E-state index in [1.54, 1.807) is 20.4 Å². The lowest BCUT2D eigenvalue weighted by molar-refractivity contribution is 0.196. The fraction of sp³-hybridized carbons (Fsp3) is 0.714. The first kappa shape index (κ1) is 16.5. The minimum absolute atomic E-state index is 0.586. The Bertz CT molecular complexity index is 439. The first-order valence-corrected chi connectivity index (χ1v) is 8.05. The van der Waals surface area contributed by atoms with Crippen LogP contribution in [-0.4, -0.2) is 57.0 Å². The number of hydrogen-bond donors (Lipinski definition) is 1. The third-order valence-electron chi connectivity index (χ3n) is 3.71. The minimum Gasteiger partial charge on any atom is -0.480 e. The second-order valence-electron chi connectivity index (χ2n) is 5.15. The summed E-state index contributed by atoms with van der Waals surface area (Å²) in [6.07, 6.45) is 4.06. The van der Waals surface area contributed by atoms with Crippen molar-refractivity contribution in [3.05, 3.63) is 10.7 Å². The molecule has 2 heterocycles. The predicted molar refractivity (Wildman–Crippen MR) is 86.0 cm³/mol. The second-order valence-corrected chi connectivity index (χ2v) is 6.01. The van der Waals surface area contributed by atoms with Gasteiger partial charge in [0.1, 0.15) is 0 Å². The third-order valence-corrected chi connectivity index (χ3v) is 4.25. The van der Waals surface area contributed by atoms with Crippen molar-refractivity contribution in [1.82, 2.24) is 15.3 Å². The number of aromatic nitrogens is 2. The molecule has 21 heavy (non-hydrogen) atoms. The van der Waals surface area contributed by atoms with Gasteiger partial charge in [0.05, 0.1) is 24.4 Å². The van der Waals surface area contributed by atoms with Crippen LogP contribution in [-0.2, 0) is 4.74 Å². The standard InChI is InChI=1S/C14H23BrN4O2/c1-20-8-5-16-9-11-3-6-19(7-4-11)14-17-10-12(15)13(18-14)21-2/h10-11,16H,3-9H2,1-2H3. The zero-order valence-corrected chi connectivity index (χ0v) is 14.2. The van der Waals surface area contributed by atoms with Gasteiger partial charge in [-0.3, -0.25) is 0 Å². The average molecular weight is 359 g/mol. The van der Waals surface area contributed by atoms with Crippen molar-refractivity contribution < 1.29 is 9.47 Å². The highest BCUT2D eigenvalue weighted by atomic mass is 79.9. The fourth-order valence-electron chi connectivity index (χ4n) is 2.46. The molecule has 1 saturated heterocycles. The van der Waals surface area contributed by atoms with Crippen LogP contribution >= 0.6 is 15.9 Å². The molecule has 0 saturated carbocycles. The topological polar surface area (TPSA) is 59.5 Å². The predicted octanol–water partition coefficient (Wildman–Crippen LogP) is 1.70. The van der Waals surface area contributed by atoms with Crippen LogP contribution in [0.5, 0.6) is 5.88 Å². The molecule has 1 aromatic heterocycles. The maximum absolute atomic E-state index is 5.23. The maximum Gasteiger partial charge on any atom is 0.232 e. The molecule has 1 fully saturated rings. The Balaban J connectivity index is 1.81. The van der Waals surface area contributed by atoms with E-state index in [0.717, 1.165) is 62.0 Å². The summed E-state index contributed by atoms with van der Waals surface area (Å²) in [7, 11) is 3.35. The Morgan fingerprint density at radius 3 is 2.81 bits per heavy atom. The monoisotopic (exact) mass is 358 g/mol. The number of methoxy groups -OCH3 is 2. The smallest absolute Gasteiger partial charge is 0.232 e. The largest absolute Gasteiger partial charge is 0.480 e. The summed E-state index contributed by atoms with van der Waals surface area (Å²) in [5, 5.41) is 3.44. The molecule has 0 unspecified atom stereocenters. The summed E-state index contributed by atoms with van der Waals surface area (Å²) in [5.41, 5.74) is 0. The van der Waals surface area contributed by atoms with Gasteiger partial charge in [0.25, 0.3) is 0 Å². The van der Waals surface area contributed by atoms with Crippen LogP contribution < -0.4 is 15.0 Å². The second kappa shape index (κ2) is 8.51. The molecule has 118 valence electrons. The van der Waals surface area contributed by atoms with Crippen molar-refractivity contribution in [2.24, 2.45) is 5.92 Å². The highest BCUT2D eigenvalue weighted by Gasteiger charge is 2.21. The SMILES string of the molecule is COCCNCC1CCN(c2ncc(Br)c(OC)n2)CC1. The van der Waals surface area contributed by atoms with Crippen LogP contribution in [0.15, 0.2) is 10.7 Å². The van der Waals surface area contributed by atoms with Gasteiger partial charge in [0, 0.05) is 26.7 Å². The molecule has 0 aromatic carbocycles. The number of nitrogens with zero attached hydrogens (tertiary/aromatic N) is 3. The molecule has 0 spiro atoms. The van der Waals surface area contributed by atoms with Crippen molar-refractivity contribution in [2.75, 3.05) is 51.9 Å². The normalized spacial score (nSPS) is 16.2. The first-order valence-electron chi connectivity index (χ1n) is 7.25. The summed E-state index contributed by atoms with van der Waals surface area (Å²) < 4.78 is 11.0. The van der Waals surface area contributed by atoms with E-state index in [4.69, 9.17) is 9.47 Å². The Morgan fingerprint density at radius 2 is 2.14 bits per heavy atom. The van der Waals surface area contributed by atoms with Crippen LogP contribution in [0.2, 0.25) is 0 Å². The number of halogens is 1. The summed E-state index contributed by atoms with van der Waals surface area (Å²) in [6, 6.07) is 0. The molecule has 7 heteroatoms. The molecule has 1 aliphatic rings. The Morgan fingerprint density at radius 1 is 1.38 bits per heavy atom. The Labute approximate surface area is 134 Å². The number of piperidine rings is 1. The van der Waals surface area contributed by atoms with Crippen LogP contribution in [0, 0.1) is 5.92 Å². The Hall–Kier alpha value is -0.920. The van der Waals surface area contributed by atoms with Gasteiger partial charge in [-0.2, -0.15) is 4.98 Å². The summed E-state index contributed by atoms with van der Waals surface area (Å²) in [6.45, 7) is 4.72. The lowest BCUT2D eigenvalue weighted by Crippen LogP contribution is -2.38. The van der Waals surface area contributed by atoms with Crippen molar-refractivity contribution >= 4 is 21.9 Å². The van der Waals surface area contributed by atoms with E-state index < -0.39 is 0 Å². The molecule has 0 amide bonds. The highest BCUT2D eigenvalue weighted by molar-refractivity contribution is 9.10. The van der Waals surface area contributed by atoms with Gasteiger partial charge in [-0.15, -0.1) is 0 Å². The number of ether oxygens (including phenoxy) is 2. The van der Waals surface area contributed by atoms with Gasteiger partial charge in [0.2, 0.25) is 11.8 Å². The van der Waals surface area contributed by atoms with E-state index in [2.05, 4.69) is 36.1 Å². The maximum atomic E-state index is 5.23. The molecule has 0 radical (unpaired) electrons. The third kappa shape index (κ3) is 4.79. The van der Waals surface area contributed by atoms with E-state index in [1.165, 1.54) is 0 Å². The fourth-order valence-corrected chi connectivity index (χ4v) is 2.81. The molecule has 6 nitrogen and oxygen atoms in total. The van der Waals surface area contributed by atoms with Crippen molar-refractivity contribution in [3.63, 3.8) is 0 Å². The molecule has 1 aliphatic heterocycles. The zero-order valence-electron chi connectivity index (χ0n) is 12.6. The quantitative estimate of drug-likeness (QED) is 0.748. The number of nitrogens with one attached hydrogen (secondary N) is 1. The van der Waals surface area contributed by atoms with Gasteiger partial charge >= 0.3 is 0 Å². The molecule has 1 N–H and O–H groups in total. The van der Waals surface area contributed by atoms with Crippen LogP contribution in [0.3, 0.4) is 0 Å². The molecular weight excluding hydrogens is 336 g/mol. The lowest BCUT2D eigenvalue weighted by Gasteiger charge is -2.32. The molecule has 2 rings (SSSR count). The molecule has 0 bridgehead atoms. The summed E-state index contributed by atoms with van der Waals surface area (Å²) in [5.74, 6) is 2.06. The van der Waals surface area contributed by atoms with E-state index in [-0.39, 0.29) is 0 Å². The molecule has 1 aromatic rings. The highest BCUT2D eigenvalue weighted by Crippen LogP contribution is 2.25. The van der Waals surface area contributed by atoms with E-state index >= 15 is 0 Å². The van der Waals surface area contributed by atoms with Crippen LogP contribution in [0.1, 0.15) is 12.8 Å². The van der Waals surface area contributed by atoms with Gasteiger partial charge < -0.3 is 19.7 Å². The van der Waals surface area contributed by atoms with Crippen molar-refractivity contribution in [2.45, 2.75) is 12.8 Å². The van der Waals surface area contributed by atoms with E-state index in [9.17, 15) is 0 Å². The van der Waals surface area contributed by atoms with Gasteiger partial charge in [-0.05, 0) is 41.2 Å². The first-order chi connectivity index (χ1) is 10.2. The molecule has 0 aliphatic carbocycles. The van der Waals surface area contributed by atoms with Gasteiger partial charge in [0.15, 0.2) is 0 Å². The number of rotatable bonds is 7. The number of anilines is 1. The molecular formula is C14H23BrN4O2. The van der Waals surface area contributed by atoms with E-state index in [1.807, 2.05) is 0 Å². The lowest BCUT2D eigenvalue weighted by atomic mass is 9.97. The number of hydrogen-bond acceptors (Lipinski definition) is 6. The summed E-state index contributed by atoms with van der Waals surface area (Å²) >= 11 is 3.38. The van der Waals surface area contributed by atoms with Gasteiger partial charge in [-0.1, -0.05) is 0 Å². The average Bonchev–Trinajstić information content (AvgIpc) is 2.53. The van der Waals surface area contributed by atoms with Gasteiger partial charge in [-0.25, -0.2) is 4.98 Å². The van der Waals surface area contributed by atoms with Crippen LogP contribution in [0.25, 0.3) is 0 Å². The minimum atomic E-state index is 0.586. The zero-order chi connectivity index (χ0) is 15.1. The Kier molecular flexibility index (Phi) is 6.66. The van der Waals surface area contributed by atoms with Crippen molar-refractivity contribution in [3.8, 4) is 5.88 Å². The van der Waals surface area contributed by atoms with E-state index in [0.29, 0.717) is 5.88 Å². The van der Waals surface area contributed by atoms with Crippen molar-refractivity contribution in [1.29, 1.82) is 0 Å².